The number of aromatic nitrogens is 4. The zero-order chi connectivity index (χ0) is 27.4. The van der Waals surface area contributed by atoms with Crippen LogP contribution in [0.15, 0.2) is 9.59 Å². The number of piperidine rings is 2. The minimum atomic E-state index is -0.370. The Hall–Kier alpha value is -3.10. The van der Waals surface area contributed by atoms with E-state index in [-0.39, 0.29) is 35.3 Å². The summed E-state index contributed by atoms with van der Waals surface area (Å²) in [4.78, 5) is 48.2. The number of hydrogen-bond donors (Lipinski definition) is 1. The van der Waals surface area contributed by atoms with Gasteiger partial charge in [-0.05, 0) is 72.5 Å². The molecule has 0 amide bonds. The smallest absolute Gasteiger partial charge is 0.332 e. The average Bonchev–Trinajstić information content (AvgIpc) is 3.28. The van der Waals surface area contributed by atoms with E-state index >= 15 is 0 Å². The molecule has 2 aliphatic heterocycles. The van der Waals surface area contributed by atoms with Gasteiger partial charge in [0.05, 0.1) is 18.6 Å². The molecule has 0 unspecified atom stereocenters. The highest BCUT2D eigenvalue weighted by Gasteiger charge is 2.28. The van der Waals surface area contributed by atoms with E-state index in [4.69, 9.17) is 15.5 Å². The number of nitrogens with zero attached hydrogens (tertiary/aromatic N) is 6. The van der Waals surface area contributed by atoms with Crippen LogP contribution in [0.4, 0.5) is 5.95 Å². The van der Waals surface area contributed by atoms with Crippen LogP contribution in [0.3, 0.4) is 0 Å². The molecule has 38 heavy (non-hydrogen) atoms. The summed E-state index contributed by atoms with van der Waals surface area (Å²) in [6.45, 7) is 9.91. The van der Waals surface area contributed by atoms with E-state index in [1.54, 1.807) is 14.0 Å². The number of carbonyl (C=O) groups is 1. The first-order valence-corrected chi connectivity index (χ1v) is 13.7. The quantitative estimate of drug-likeness (QED) is 0.397. The van der Waals surface area contributed by atoms with E-state index in [0.717, 1.165) is 51.9 Å². The van der Waals surface area contributed by atoms with E-state index in [0.29, 0.717) is 43.2 Å². The number of fused-ring (bicyclic) bond motifs is 1. The number of rotatable bonds is 8. The van der Waals surface area contributed by atoms with Crippen LogP contribution in [-0.2, 0) is 29.7 Å². The molecule has 1 atom stereocenters. The Bertz CT molecular complexity index is 1320. The molecule has 0 aliphatic carbocycles. The van der Waals surface area contributed by atoms with Crippen LogP contribution in [0.1, 0.15) is 52.9 Å². The normalized spacial score (nSPS) is 19.1. The number of likely N-dealkylation sites (tertiary alicyclic amines) is 1. The Balaban J connectivity index is 1.52. The lowest BCUT2D eigenvalue weighted by Gasteiger charge is -2.31. The predicted molar refractivity (Wildman–Crippen MR) is 147 cm³/mol. The van der Waals surface area contributed by atoms with Gasteiger partial charge in [-0.1, -0.05) is 5.92 Å². The van der Waals surface area contributed by atoms with Gasteiger partial charge in [-0.25, -0.2) is 4.79 Å². The first-order chi connectivity index (χ1) is 18.2. The second-order valence-corrected chi connectivity index (χ2v) is 10.7. The summed E-state index contributed by atoms with van der Waals surface area (Å²) in [7, 11) is 1.66. The summed E-state index contributed by atoms with van der Waals surface area (Å²) < 4.78 is 9.98. The third kappa shape index (κ3) is 5.97. The Morgan fingerprint density at radius 2 is 1.87 bits per heavy atom. The van der Waals surface area contributed by atoms with E-state index < -0.39 is 0 Å². The monoisotopic (exact) mass is 527 g/mol. The van der Waals surface area contributed by atoms with Crippen LogP contribution in [-0.4, -0.2) is 74.4 Å². The summed E-state index contributed by atoms with van der Waals surface area (Å²) in [5, 5.41) is 0. The molecule has 2 saturated heterocycles. The maximum absolute atomic E-state index is 13.7. The highest BCUT2D eigenvalue weighted by Crippen LogP contribution is 2.23. The molecule has 208 valence electrons. The van der Waals surface area contributed by atoms with Crippen LogP contribution in [0.5, 0.6) is 0 Å². The molecule has 2 N–H and O–H groups in total. The Kier molecular flexibility index (Phi) is 8.95. The molecule has 11 heteroatoms. The summed E-state index contributed by atoms with van der Waals surface area (Å²) >= 11 is 0. The Morgan fingerprint density at radius 1 is 1.13 bits per heavy atom. The van der Waals surface area contributed by atoms with Gasteiger partial charge in [0.2, 0.25) is 5.95 Å². The third-order valence-electron chi connectivity index (χ3n) is 7.50. The lowest BCUT2D eigenvalue weighted by Crippen LogP contribution is -2.44. The van der Waals surface area contributed by atoms with Crippen molar-refractivity contribution in [3.63, 3.8) is 0 Å². The number of carbonyl (C=O) groups excluding carboxylic acids is 1. The number of hydrogen-bond acceptors (Lipinski definition) is 8. The molecule has 2 aromatic heterocycles. The summed E-state index contributed by atoms with van der Waals surface area (Å²) in [5.41, 5.74) is 6.28. The van der Waals surface area contributed by atoms with Gasteiger partial charge < -0.3 is 20.3 Å². The van der Waals surface area contributed by atoms with Crippen LogP contribution in [0, 0.1) is 17.8 Å². The first kappa shape index (κ1) is 27.9. The Morgan fingerprint density at radius 3 is 2.53 bits per heavy atom. The maximum Gasteiger partial charge on any atom is 0.332 e. The Labute approximate surface area is 223 Å². The van der Waals surface area contributed by atoms with Gasteiger partial charge in [0.1, 0.15) is 0 Å². The van der Waals surface area contributed by atoms with E-state index in [1.165, 1.54) is 9.13 Å². The van der Waals surface area contributed by atoms with Gasteiger partial charge >= 0.3 is 11.7 Å². The lowest BCUT2D eigenvalue weighted by molar-refractivity contribution is -0.154. The highest BCUT2D eigenvalue weighted by molar-refractivity contribution is 5.75. The number of imidazole rings is 1. The van der Waals surface area contributed by atoms with E-state index in [2.05, 4.69) is 21.6 Å². The van der Waals surface area contributed by atoms with Gasteiger partial charge in [0.25, 0.3) is 5.56 Å². The van der Waals surface area contributed by atoms with Crippen LogP contribution >= 0.6 is 0 Å². The molecular formula is C27H41N7O4. The van der Waals surface area contributed by atoms with Gasteiger partial charge in [-0.2, -0.15) is 4.98 Å². The molecule has 2 aromatic rings. The molecule has 2 fully saturated rings. The van der Waals surface area contributed by atoms with Crippen molar-refractivity contribution >= 4 is 23.1 Å². The number of aryl methyl sites for hydroxylation is 1. The molecule has 11 nitrogen and oxygen atoms in total. The maximum atomic E-state index is 13.7. The van der Waals surface area contributed by atoms with Crippen LogP contribution < -0.4 is 21.9 Å². The predicted octanol–water partition coefficient (Wildman–Crippen LogP) is 0.901. The fourth-order valence-electron chi connectivity index (χ4n) is 5.47. The van der Waals surface area contributed by atoms with Crippen molar-refractivity contribution in [3.05, 3.63) is 20.8 Å². The van der Waals surface area contributed by atoms with Gasteiger partial charge in [0, 0.05) is 32.7 Å². The topological polar surface area (TPSA) is 121 Å². The molecule has 0 spiro atoms. The zero-order valence-corrected chi connectivity index (χ0v) is 23.1. The van der Waals surface area contributed by atoms with Crippen molar-refractivity contribution < 1.29 is 9.53 Å². The summed E-state index contributed by atoms with van der Waals surface area (Å²) in [6, 6.07) is 0.0423. The van der Waals surface area contributed by atoms with Crippen LogP contribution in [0.2, 0.25) is 0 Å². The van der Waals surface area contributed by atoms with Crippen molar-refractivity contribution in [1.29, 1.82) is 0 Å². The molecule has 0 bridgehead atoms. The molecule has 4 heterocycles. The summed E-state index contributed by atoms with van der Waals surface area (Å²) in [5.74, 6) is 6.44. The second-order valence-electron chi connectivity index (χ2n) is 10.7. The van der Waals surface area contributed by atoms with Gasteiger partial charge in [0.15, 0.2) is 11.2 Å². The minimum Gasteiger partial charge on any atom is -0.463 e. The molecular weight excluding hydrogens is 486 g/mol. The molecule has 0 radical (unpaired) electrons. The first-order valence-electron chi connectivity index (χ1n) is 13.7. The van der Waals surface area contributed by atoms with Gasteiger partial charge in [-0.3, -0.25) is 23.3 Å². The third-order valence-corrected chi connectivity index (χ3v) is 7.50. The zero-order valence-electron chi connectivity index (χ0n) is 23.1. The fourth-order valence-corrected chi connectivity index (χ4v) is 5.47. The van der Waals surface area contributed by atoms with Crippen molar-refractivity contribution in [2.45, 2.75) is 78.1 Å². The number of nitrogens with two attached hydrogens (primary N) is 1. The SMILES string of the molecule is CC#CCn1c(N2CCC[C@H](N)C2)nc2c1c(=O)n(CCCN1CCC(C(=O)OC(C)C)CC1)c(=O)n2C. The van der Waals surface area contributed by atoms with E-state index in [1.807, 2.05) is 18.4 Å². The fraction of sp³-hybridized carbons (Fsp3) is 0.704. The number of esters is 1. The highest BCUT2D eigenvalue weighted by atomic mass is 16.5. The molecule has 0 aromatic carbocycles. The number of ether oxygens (including phenoxy) is 1. The minimum absolute atomic E-state index is 0.0423. The number of anilines is 1. The van der Waals surface area contributed by atoms with Crippen molar-refractivity contribution in [3.8, 4) is 11.8 Å². The van der Waals surface area contributed by atoms with Crippen molar-refractivity contribution in [2.75, 3.05) is 37.6 Å². The van der Waals surface area contributed by atoms with Gasteiger partial charge in [-0.15, -0.1) is 5.92 Å². The van der Waals surface area contributed by atoms with E-state index in [9.17, 15) is 14.4 Å². The molecule has 4 rings (SSSR count). The van der Waals surface area contributed by atoms with Crippen LogP contribution in [0.25, 0.3) is 11.2 Å². The molecule has 0 saturated carbocycles. The standard InChI is InChI=1S/C27H41N7O4/c1-5-6-14-33-22-23(29-26(33)32-13-7-9-21(28)18-32)30(4)27(37)34(24(22)35)15-8-12-31-16-10-20(11-17-31)25(36)38-19(2)3/h19-21H,7-18,28H2,1-4H3/t21-/m0/s1. The second kappa shape index (κ2) is 12.2. The van der Waals surface area contributed by atoms with Crippen molar-refractivity contribution in [2.24, 2.45) is 18.7 Å². The van der Waals surface area contributed by atoms with Crippen molar-refractivity contribution in [1.82, 2.24) is 23.6 Å². The average molecular weight is 528 g/mol. The largest absolute Gasteiger partial charge is 0.463 e. The lowest BCUT2D eigenvalue weighted by atomic mass is 9.97. The molecule has 2 aliphatic rings. The summed E-state index contributed by atoms with van der Waals surface area (Å²) in [6.07, 6.45) is 3.98.